The van der Waals surface area contributed by atoms with Gasteiger partial charge in [0, 0.05) is 11.3 Å². The summed E-state index contributed by atoms with van der Waals surface area (Å²) < 4.78 is 25.6. The lowest BCUT2D eigenvalue weighted by atomic mass is 10.2. The fraction of sp³-hybridized carbons (Fsp3) is 0.0357. The second-order valence-electron chi connectivity index (χ2n) is 7.89. The van der Waals surface area contributed by atoms with Crippen molar-refractivity contribution in [1.82, 2.24) is 10.3 Å². The van der Waals surface area contributed by atoms with E-state index >= 15 is 0 Å². The number of ether oxygens (including phenoxy) is 1. The van der Waals surface area contributed by atoms with Gasteiger partial charge in [-0.2, -0.15) is 0 Å². The summed E-state index contributed by atoms with van der Waals surface area (Å²) in [5, 5.41) is 5.75. The van der Waals surface area contributed by atoms with Crippen LogP contribution in [0.15, 0.2) is 101 Å². The maximum atomic E-state index is 14.1. The average molecular weight is 498 g/mol. The third-order valence-electron chi connectivity index (χ3n) is 5.32. The topological polar surface area (TPSA) is 76.4 Å². The van der Waals surface area contributed by atoms with Gasteiger partial charge in [0.1, 0.15) is 23.7 Å². The van der Waals surface area contributed by atoms with Crippen molar-refractivity contribution in [3.05, 3.63) is 114 Å². The molecule has 0 aliphatic carbocycles. The summed E-state index contributed by atoms with van der Waals surface area (Å²) in [7, 11) is 0. The molecule has 8 heteroatoms. The molecule has 178 valence electrons. The van der Waals surface area contributed by atoms with E-state index in [-0.39, 0.29) is 22.5 Å². The van der Waals surface area contributed by atoms with Crippen LogP contribution in [-0.2, 0) is 6.61 Å². The van der Waals surface area contributed by atoms with Gasteiger partial charge in [0.2, 0.25) is 5.89 Å². The molecule has 1 heterocycles. The number of nitrogens with one attached hydrogen (secondary N) is 2. The second kappa shape index (κ2) is 10.4. The molecule has 0 unspecified atom stereocenters. The summed E-state index contributed by atoms with van der Waals surface area (Å²) >= 11 is 5.31. The van der Waals surface area contributed by atoms with Crippen LogP contribution in [0.2, 0.25) is 0 Å². The highest BCUT2D eigenvalue weighted by molar-refractivity contribution is 7.80. The highest BCUT2D eigenvalue weighted by Crippen LogP contribution is 2.27. The number of rotatable bonds is 6. The van der Waals surface area contributed by atoms with Crippen LogP contribution in [0.25, 0.3) is 22.6 Å². The molecule has 4 aromatic carbocycles. The molecule has 0 fully saturated rings. The van der Waals surface area contributed by atoms with Gasteiger partial charge in [-0.3, -0.25) is 10.1 Å². The van der Waals surface area contributed by atoms with E-state index in [1.54, 1.807) is 60.7 Å². The molecule has 0 spiro atoms. The molecule has 1 aromatic heterocycles. The minimum absolute atomic E-state index is 0.118. The Labute approximate surface area is 211 Å². The number of hydrogen-bond acceptors (Lipinski definition) is 5. The van der Waals surface area contributed by atoms with Gasteiger partial charge in [-0.25, -0.2) is 9.37 Å². The quantitative estimate of drug-likeness (QED) is 0.267. The van der Waals surface area contributed by atoms with E-state index in [9.17, 15) is 9.18 Å². The van der Waals surface area contributed by atoms with E-state index in [0.29, 0.717) is 34.7 Å². The van der Waals surface area contributed by atoms with Crippen molar-refractivity contribution in [2.45, 2.75) is 6.61 Å². The number of thiocarbonyl (C=S) groups is 1. The standard InChI is InChI=1S/C28H20FN3O3S/c29-23-12-5-4-11-22(23)27-31-24-16-20(13-14-25(24)35-27)30-28(36)32-26(33)19-9-6-10-21(15-19)34-17-18-7-2-1-3-8-18/h1-16H,17H2,(H2,30,32,33,36). The van der Waals surface area contributed by atoms with Crippen molar-refractivity contribution >= 4 is 40.0 Å². The Kier molecular flexibility index (Phi) is 6.68. The smallest absolute Gasteiger partial charge is 0.257 e. The highest BCUT2D eigenvalue weighted by atomic mass is 32.1. The van der Waals surface area contributed by atoms with Gasteiger partial charge < -0.3 is 14.5 Å². The fourth-order valence-corrected chi connectivity index (χ4v) is 3.77. The van der Waals surface area contributed by atoms with Crippen molar-refractivity contribution in [3.63, 3.8) is 0 Å². The van der Waals surface area contributed by atoms with Gasteiger partial charge in [-0.1, -0.05) is 48.5 Å². The monoisotopic (exact) mass is 497 g/mol. The maximum absolute atomic E-state index is 14.1. The number of fused-ring (bicyclic) bond motifs is 1. The first-order chi connectivity index (χ1) is 17.5. The SMILES string of the molecule is O=C(NC(=S)Nc1ccc2oc(-c3ccccc3F)nc2c1)c1cccc(OCc2ccccc2)c1. The largest absolute Gasteiger partial charge is 0.489 e. The Bertz CT molecular complexity index is 1550. The predicted molar refractivity (Wildman–Crippen MR) is 140 cm³/mol. The number of hydrogen-bond donors (Lipinski definition) is 2. The molecular weight excluding hydrogens is 477 g/mol. The van der Waals surface area contributed by atoms with Crippen molar-refractivity contribution < 1.29 is 18.3 Å². The van der Waals surface area contributed by atoms with Crippen molar-refractivity contribution in [1.29, 1.82) is 0 Å². The zero-order valence-electron chi connectivity index (χ0n) is 18.9. The Morgan fingerprint density at radius 2 is 1.75 bits per heavy atom. The second-order valence-corrected chi connectivity index (χ2v) is 8.30. The van der Waals surface area contributed by atoms with Crippen LogP contribution in [0.5, 0.6) is 5.75 Å². The molecule has 0 bridgehead atoms. The number of aromatic nitrogens is 1. The van der Waals surface area contributed by atoms with E-state index in [2.05, 4.69) is 15.6 Å². The summed E-state index contributed by atoms with van der Waals surface area (Å²) in [5.74, 6) is -0.0270. The summed E-state index contributed by atoms with van der Waals surface area (Å²) in [6, 6.07) is 28.1. The van der Waals surface area contributed by atoms with Crippen LogP contribution in [-0.4, -0.2) is 16.0 Å². The number of carbonyl (C=O) groups is 1. The molecule has 5 aromatic rings. The first kappa shape index (κ1) is 23.2. The van der Waals surface area contributed by atoms with Gasteiger partial charge in [-0.05, 0) is 66.3 Å². The molecule has 0 aliphatic heterocycles. The molecule has 0 saturated heterocycles. The average Bonchev–Trinajstić information content (AvgIpc) is 3.31. The molecule has 6 nitrogen and oxygen atoms in total. The van der Waals surface area contributed by atoms with Gasteiger partial charge in [0.05, 0.1) is 5.56 Å². The molecule has 0 atom stereocenters. The molecular formula is C28H20FN3O3S. The third kappa shape index (κ3) is 5.39. The number of carbonyl (C=O) groups excluding carboxylic acids is 1. The van der Waals surface area contributed by atoms with Gasteiger partial charge in [0.15, 0.2) is 10.7 Å². The summed E-state index contributed by atoms with van der Waals surface area (Å²) in [6.45, 7) is 0.398. The van der Waals surface area contributed by atoms with Crippen LogP contribution in [0.4, 0.5) is 10.1 Å². The minimum Gasteiger partial charge on any atom is -0.489 e. The van der Waals surface area contributed by atoms with Crippen LogP contribution in [0, 0.1) is 5.82 Å². The van der Waals surface area contributed by atoms with Crippen molar-refractivity contribution in [2.24, 2.45) is 0 Å². The Morgan fingerprint density at radius 3 is 2.58 bits per heavy atom. The summed E-state index contributed by atoms with van der Waals surface area (Å²) in [6.07, 6.45) is 0. The summed E-state index contributed by atoms with van der Waals surface area (Å²) in [4.78, 5) is 17.1. The molecule has 2 N–H and O–H groups in total. The van der Waals surface area contributed by atoms with Gasteiger partial charge in [0.25, 0.3) is 5.91 Å². The van der Waals surface area contributed by atoms with E-state index in [0.717, 1.165) is 5.56 Å². The maximum Gasteiger partial charge on any atom is 0.257 e. The van der Waals surface area contributed by atoms with Crippen LogP contribution >= 0.6 is 12.2 Å². The number of anilines is 1. The van der Waals surface area contributed by atoms with E-state index in [4.69, 9.17) is 21.4 Å². The fourth-order valence-electron chi connectivity index (χ4n) is 3.56. The number of oxazole rings is 1. The molecule has 1 amide bonds. The van der Waals surface area contributed by atoms with Crippen LogP contribution in [0.3, 0.4) is 0 Å². The van der Waals surface area contributed by atoms with E-state index in [1.807, 2.05) is 30.3 Å². The van der Waals surface area contributed by atoms with E-state index < -0.39 is 5.82 Å². The Balaban J connectivity index is 1.23. The third-order valence-corrected chi connectivity index (χ3v) is 5.53. The van der Waals surface area contributed by atoms with E-state index in [1.165, 1.54) is 6.07 Å². The molecule has 0 radical (unpaired) electrons. The molecule has 5 rings (SSSR count). The summed E-state index contributed by atoms with van der Waals surface area (Å²) in [5.41, 5.74) is 3.34. The molecule has 0 saturated carbocycles. The highest BCUT2D eigenvalue weighted by Gasteiger charge is 2.14. The first-order valence-corrected chi connectivity index (χ1v) is 11.5. The van der Waals surface area contributed by atoms with Crippen molar-refractivity contribution in [3.8, 4) is 17.2 Å². The lowest BCUT2D eigenvalue weighted by Gasteiger charge is -2.11. The zero-order chi connectivity index (χ0) is 24.9. The van der Waals surface area contributed by atoms with Crippen LogP contribution in [0.1, 0.15) is 15.9 Å². The first-order valence-electron chi connectivity index (χ1n) is 11.1. The lowest BCUT2D eigenvalue weighted by molar-refractivity contribution is 0.0977. The van der Waals surface area contributed by atoms with Gasteiger partial charge in [-0.15, -0.1) is 0 Å². The van der Waals surface area contributed by atoms with Crippen LogP contribution < -0.4 is 15.4 Å². The minimum atomic E-state index is -0.416. The molecule has 0 aliphatic rings. The number of nitrogens with zero attached hydrogens (tertiary/aromatic N) is 1. The number of halogens is 1. The predicted octanol–water partition coefficient (Wildman–Crippen LogP) is 6.34. The normalized spacial score (nSPS) is 10.7. The Hall–Kier alpha value is -4.56. The zero-order valence-corrected chi connectivity index (χ0v) is 19.7. The van der Waals surface area contributed by atoms with Gasteiger partial charge >= 0.3 is 0 Å². The Morgan fingerprint density at radius 1 is 0.944 bits per heavy atom. The lowest BCUT2D eigenvalue weighted by Crippen LogP contribution is -2.34. The van der Waals surface area contributed by atoms with Crippen molar-refractivity contribution in [2.75, 3.05) is 5.32 Å². The molecule has 36 heavy (non-hydrogen) atoms. The number of benzene rings is 4. The number of amides is 1.